The van der Waals surface area contributed by atoms with Crippen LogP contribution < -0.4 is 9.80 Å². The van der Waals surface area contributed by atoms with Gasteiger partial charge in [0.05, 0.1) is 11.4 Å². The lowest BCUT2D eigenvalue weighted by atomic mass is 10.0. The molecule has 0 aliphatic heterocycles. The fourth-order valence-electron chi connectivity index (χ4n) is 3.92. The highest BCUT2D eigenvalue weighted by Crippen LogP contribution is 2.34. The first-order valence-electron chi connectivity index (χ1n) is 11.9. The molecule has 0 amide bonds. The average molecular weight is 466 g/mol. The predicted molar refractivity (Wildman–Crippen MR) is 151 cm³/mol. The molecule has 4 aromatic rings. The fourth-order valence-corrected chi connectivity index (χ4v) is 3.92. The Hall–Kier alpha value is -3.83. The van der Waals surface area contributed by atoms with Crippen molar-refractivity contribution in [2.45, 2.75) is 0 Å². The van der Waals surface area contributed by atoms with Crippen LogP contribution >= 0.6 is 0 Å². The Kier molecular flexibility index (Phi) is 7.37. The molecule has 180 valence electrons. The summed E-state index contributed by atoms with van der Waals surface area (Å²) in [5.74, 6) is 0.868. The molecule has 1 aromatic heterocycles. The number of nitrogens with zero attached hydrogens (tertiary/aromatic N) is 4. The lowest BCUT2D eigenvalue weighted by molar-refractivity contribution is 0.457. The zero-order valence-electron chi connectivity index (χ0n) is 21.6. The molecule has 1 N–H and O–H groups in total. The summed E-state index contributed by atoms with van der Waals surface area (Å²) in [4.78, 5) is 15.0. The third kappa shape index (κ3) is 5.81. The van der Waals surface area contributed by atoms with E-state index in [2.05, 4.69) is 147 Å². The normalized spacial score (nSPS) is 11.4. The molecule has 0 saturated carbocycles. The molecule has 5 nitrogen and oxygen atoms in total. The number of anilines is 2. The van der Waals surface area contributed by atoms with Crippen molar-refractivity contribution in [2.75, 3.05) is 58.6 Å². The molecule has 0 atom stereocenters. The first-order chi connectivity index (χ1) is 16.8. The van der Waals surface area contributed by atoms with Crippen LogP contribution in [-0.4, -0.2) is 63.7 Å². The van der Waals surface area contributed by atoms with E-state index >= 15 is 0 Å². The van der Waals surface area contributed by atoms with Gasteiger partial charge >= 0.3 is 0 Å². The van der Waals surface area contributed by atoms with Crippen molar-refractivity contribution in [3.8, 4) is 33.9 Å². The Morgan fingerprint density at radius 2 is 1.17 bits per heavy atom. The van der Waals surface area contributed by atoms with Gasteiger partial charge in [0, 0.05) is 62.8 Å². The van der Waals surface area contributed by atoms with E-state index in [1.54, 1.807) is 0 Å². The van der Waals surface area contributed by atoms with E-state index in [1.807, 2.05) is 0 Å². The SMILES string of the molecule is CN(C)CC=Cc1ccc(-c2nc(-c3ccc(N(C)C)cc3)c(-c3ccc(N(C)C)cc3)[nH]2)cc1. The van der Waals surface area contributed by atoms with Crippen molar-refractivity contribution in [1.82, 2.24) is 14.9 Å². The van der Waals surface area contributed by atoms with Crippen molar-refractivity contribution >= 4 is 17.5 Å². The van der Waals surface area contributed by atoms with Crippen molar-refractivity contribution in [2.24, 2.45) is 0 Å². The van der Waals surface area contributed by atoms with Crippen molar-refractivity contribution < 1.29 is 0 Å². The molecule has 35 heavy (non-hydrogen) atoms. The minimum atomic E-state index is 0.868. The average Bonchev–Trinajstić information content (AvgIpc) is 3.30. The summed E-state index contributed by atoms with van der Waals surface area (Å²) >= 11 is 0. The number of benzene rings is 3. The number of rotatable bonds is 8. The van der Waals surface area contributed by atoms with E-state index in [-0.39, 0.29) is 0 Å². The first-order valence-corrected chi connectivity index (χ1v) is 11.9. The molecule has 4 rings (SSSR count). The van der Waals surface area contributed by atoms with Gasteiger partial charge in [-0.3, -0.25) is 0 Å². The van der Waals surface area contributed by atoms with Crippen LogP contribution in [-0.2, 0) is 0 Å². The Labute approximate surface area is 209 Å². The number of H-pyrrole nitrogens is 1. The third-order valence-corrected chi connectivity index (χ3v) is 6.00. The van der Waals surface area contributed by atoms with Crippen LogP contribution in [0.4, 0.5) is 11.4 Å². The standard InChI is InChI=1S/C30H35N5/c1-33(2)21-7-8-22-9-11-25(12-10-22)30-31-28(23-13-17-26(18-14-23)34(3)4)29(32-30)24-15-19-27(20-16-24)35(5)6/h7-20H,21H2,1-6H3,(H,31,32). The number of hydrogen-bond donors (Lipinski definition) is 1. The number of aromatic amines is 1. The maximum atomic E-state index is 5.07. The van der Waals surface area contributed by atoms with E-state index < -0.39 is 0 Å². The lowest BCUT2D eigenvalue weighted by Gasteiger charge is -2.13. The number of likely N-dealkylation sites (N-methyl/N-ethyl adjacent to an activating group) is 1. The molecule has 1 heterocycles. The van der Waals surface area contributed by atoms with E-state index in [4.69, 9.17) is 4.98 Å². The van der Waals surface area contributed by atoms with Gasteiger partial charge in [-0.1, -0.05) is 60.7 Å². The predicted octanol–water partition coefficient (Wildman–Crippen LogP) is 6.12. The van der Waals surface area contributed by atoms with Gasteiger partial charge in [0.2, 0.25) is 0 Å². The Balaban J connectivity index is 1.72. The zero-order valence-corrected chi connectivity index (χ0v) is 21.6. The molecule has 3 aromatic carbocycles. The molecule has 0 aliphatic rings. The Morgan fingerprint density at radius 1 is 0.657 bits per heavy atom. The minimum Gasteiger partial charge on any atom is -0.378 e. The first kappa shape index (κ1) is 24.3. The molecule has 0 spiro atoms. The van der Waals surface area contributed by atoms with Gasteiger partial charge in [-0.25, -0.2) is 4.98 Å². The van der Waals surface area contributed by atoms with E-state index in [0.29, 0.717) is 0 Å². The number of aromatic nitrogens is 2. The van der Waals surface area contributed by atoms with Crippen LogP contribution in [0.5, 0.6) is 0 Å². The molecule has 0 unspecified atom stereocenters. The quantitative estimate of drug-likeness (QED) is 0.340. The second kappa shape index (κ2) is 10.6. The summed E-state index contributed by atoms with van der Waals surface area (Å²) in [6.45, 7) is 0.923. The van der Waals surface area contributed by atoms with Gasteiger partial charge in [-0.05, 0) is 43.9 Å². The summed E-state index contributed by atoms with van der Waals surface area (Å²) in [6.07, 6.45) is 4.33. The topological polar surface area (TPSA) is 38.4 Å². The fraction of sp³-hybridized carbons (Fsp3) is 0.233. The minimum absolute atomic E-state index is 0.868. The van der Waals surface area contributed by atoms with Gasteiger partial charge in [-0.2, -0.15) is 0 Å². The van der Waals surface area contributed by atoms with E-state index in [0.717, 1.165) is 40.4 Å². The second-order valence-electron chi connectivity index (χ2n) is 9.48. The highest BCUT2D eigenvalue weighted by Gasteiger charge is 2.16. The van der Waals surface area contributed by atoms with Gasteiger partial charge in [-0.15, -0.1) is 0 Å². The molecular weight excluding hydrogens is 430 g/mol. The monoisotopic (exact) mass is 465 g/mol. The summed E-state index contributed by atoms with van der Waals surface area (Å²) in [5.41, 5.74) is 8.77. The van der Waals surface area contributed by atoms with Crippen molar-refractivity contribution in [3.05, 3.63) is 84.4 Å². The van der Waals surface area contributed by atoms with Crippen LogP contribution in [0.2, 0.25) is 0 Å². The van der Waals surface area contributed by atoms with Gasteiger partial charge in [0.1, 0.15) is 5.82 Å². The molecule has 0 saturated heterocycles. The second-order valence-corrected chi connectivity index (χ2v) is 9.48. The van der Waals surface area contributed by atoms with Gasteiger partial charge in [0.25, 0.3) is 0 Å². The number of nitrogens with one attached hydrogen (secondary N) is 1. The van der Waals surface area contributed by atoms with Crippen LogP contribution in [0.15, 0.2) is 78.9 Å². The highest BCUT2D eigenvalue weighted by atomic mass is 15.1. The maximum Gasteiger partial charge on any atom is 0.138 e. The summed E-state index contributed by atoms with van der Waals surface area (Å²) < 4.78 is 0. The summed E-state index contributed by atoms with van der Waals surface area (Å²) in [7, 11) is 12.4. The summed E-state index contributed by atoms with van der Waals surface area (Å²) in [5, 5.41) is 0. The molecule has 0 radical (unpaired) electrons. The number of imidazole rings is 1. The van der Waals surface area contributed by atoms with Gasteiger partial charge in [0.15, 0.2) is 0 Å². The summed E-state index contributed by atoms with van der Waals surface area (Å²) in [6, 6.07) is 25.7. The maximum absolute atomic E-state index is 5.07. The zero-order chi connectivity index (χ0) is 24.9. The Morgan fingerprint density at radius 3 is 1.69 bits per heavy atom. The van der Waals surface area contributed by atoms with E-state index in [1.165, 1.54) is 16.9 Å². The van der Waals surface area contributed by atoms with Crippen LogP contribution in [0, 0.1) is 0 Å². The molecule has 0 fully saturated rings. The van der Waals surface area contributed by atoms with Crippen molar-refractivity contribution in [3.63, 3.8) is 0 Å². The highest BCUT2D eigenvalue weighted by molar-refractivity contribution is 5.82. The number of hydrogen-bond acceptors (Lipinski definition) is 4. The molecule has 5 heteroatoms. The third-order valence-electron chi connectivity index (χ3n) is 6.00. The van der Waals surface area contributed by atoms with Crippen LogP contribution in [0.25, 0.3) is 40.0 Å². The lowest BCUT2D eigenvalue weighted by Crippen LogP contribution is -2.10. The molecule has 0 bridgehead atoms. The molecular formula is C30H35N5. The molecule has 0 aliphatic carbocycles. The van der Waals surface area contributed by atoms with Crippen LogP contribution in [0.1, 0.15) is 5.56 Å². The van der Waals surface area contributed by atoms with Crippen molar-refractivity contribution in [1.29, 1.82) is 0 Å². The Bertz CT molecular complexity index is 1190. The smallest absolute Gasteiger partial charge is 0.138 e. The largest absolute Gasteiger partial charge is 0.378 e. The van der Waals surface area contributed by atoms with Crippen LogP contribution in [0.3, 0.4) is 0 Å². The van der Waals surface area contributed by atoms with Gasteiger partial charge < -0.3 is 19.7 Å². The van der Waals surface area contributed by atoms with E-state index in [9.17, 15) is 0 Å².